The number of nitrogen functional groups attached to an aromatic ring is 1. The van der Waals surface area contributed by atoms with E-state index >= 15 is 0 Å². The number of amides is 2. The fourth-order valence-corrected chi connectivity index (χ4v) is 5.73. The molecular formula is C23H30N6O7S2. The summed E-state index contributed by atoms with van der Waals surface area (Å²) < 4.78 is 14.1. The molecule has 15 heteroatoms. The van der Waals surface area contributed by atoms with Crippen molar-refractivity contribution < 1.29 is 33.5 Å². The van der Waals surface area contributed by atoms with Gasteiger partial charge < -0.3 is 30.3 Å². The smallest absolute Gasteiger partial charge is 0.339 e. The normalized spacial score (nSPS) is 23.7. The molecular weight excluding hydrogens is 536 g/mol. The summed E-state index contributed by atoms with van der Waals surface area (Å²) in [7, 11) is 0. The van der Waals surface area contributed by atoms with Crippen LogP contribution in [0.4, 0.5) is 5.13 Å². The minimum atomic E-state index is -0.857. The van der Waals surface area contributed by atoms with Gasteiger partial charge in [-0.3, -0.25) is 14.4 Å². The second-order valence-electron chi connectivity index (χ2n) is 10.1. The summed E-state index contributed by atoms with van der Waals surface area (Å²) >= 11 is 2.23. The van der Waals surface area contributed by atoms with Crippen molar-refractivity contribution >= 4 is 57.9 Å². The number of nitrogens with two attached hydrogens (primary N) is 1. The molecule has 0 radical (unpaired) electrons. The van der Waals surface area contributed by atoms with Crippen molar-refractivity contribution in [1.82, 2.24) is 19.6 Å². The SMILES string of the molecule is CC1S[C@@H]2C(NC(=O)C(=NOC3CCCC3)c3nsc(N)n3)C(=O)N2C=C1C(=O)OCOC(=O)C(C)(C)C. The number of carbonyl (C=O) groups excluding carboxylic acids is 4. The first kappa shape index (κ1) is 27.8. The van der Waals surface area contributed by atoms with E-state index in [9.17, 15) is 19.2 Å². The van der Waals surface area contributed by atoms with Gasteiger partial charge in [-0.2, -0.15) is 9.36 Å². The fourth-order valence-electron chi connectivity index (χ4n) is 3.94. The molecule has 206 valence electrons. The lowest BCUT2D eigenvalue weighted by atomic mass is 9.98. The highest BCUT2D eigenvalue weighted by Gasteiger charge is 2.52. The van der Waals surface area contributed by atoms with Crippen molar-refractivity contribution in [2.24, 2.45) is 10.6 Å². The first-order valence-corrected chi connectivity index (χ1v) is 13.8. The number of nitrogens with zero attached hydrogens (tertiary/aromatic N) is 4. The summed E-state index contributed by atoms with van der Waals surface area (Å²) in [6.45, 7) is 6.31. The maximum Gasteiger partial charge on any atom is 0.339 e. The Kier molecular flexibility index (Phi) is 8.25. The molecule has 4 rings (SSSR count). The standard InChI is InChI=1S/C23H30N6O7S2/c1-11-13(20(32)34-10-35-21(33)23(2,3)4)9-29-18(31)15(19(29)37-11)25-17(30)14(16-26-22(24)38-28-16)27-36-12-7-5-6-8-12/h9,11-12,15,19H,5-8,10H2,1-4H3,(H,25,30)(H2,24,26,28)/t11?,15?,19-/m1/s1. The Morgan fingerprint density at radius 1 is 1.24 bits per heavy atom. The molecule has 1 aromatic rings. The number of hydrogen-bond acceptors (Lipinski definition) is 13. The van der Waals surface area contributed by atoms with Crippen LogP contribution in [-0.2, 0) is 33.5 Å². The van der Waals surface area contributed by atoms with Crippen LogP contribution >= 0.6 is 23.3 Å². The average molecular weight is 567 g/mol. The predicted molar refractivity (Wildman–Crippen MR) is 138 cm³/mol. The molecule has 1 aromatic heterocycles. The van der Waals surface area contributed by atoms with Crippen LogP contribution in [-0.4, -0.2) is 73.3 Å². The van der Waals surface area contributed by atoms with Crippen LogP contribution in [0, 0.1) is 5.41 Å². The molecule has 3 heterocycles. The minimum absolute atomic E-state index is 0.0216. The van der Waals surface area contributed by atoms with Gasteiger partial charge in [0.15, 0.2) is 5.13 Å². The molecule has 3 aliphatic rings. The number of fused-ring (bicyclic) bond motifs is 1. The van der Waals surface area contributed by atoms with Crippen LogP contribution in [0.3, 0.4) is 0 Å². The number of anilines is 1. The van der Waals surface area contributed by atoms with Crippen molar-refractivity contribution in [3.8, 4) is 0 Å². The molecule has 0 spiro atoms. The molecule has 1 saturated heterocycles. The lowest BCUT2D eigenvalue weighted by Gasteiger charge is -2.48. The van der Waals surface area contributed by atoms with Gasteiger partial charge >= 0.3 is 11.9 Å². The minimum Gasteiger partial charge on any atom is -0.427 e. The Bertz CT molecular complexity index is 1170. The number of hydrogen-bond donors (Lipinski definition) is 2. The molecule has 3 N–H and O–H groups in total. The van der Waals surface area contributed by atoms with Gasteiger partial charge in [0.2, 0.25) is 18.3 Å². The molecule has 2 fully saturated rings. The lowest BCUT2D eigenvalue weighted by molar-refractivity contribution is -0.171. The quantitative estimate of drug-likeness (QED) is 0.153. The molecule has 3 atom stereocenters. The van der Waals surface area contributed by atoms with Crippen molar-refractivity contribution in [2.75, 3.05) is 12.5 Å². The number of esters is 2. The number of oxime groups is 1. The van der Waals surface area contributed by atoms with E-state index in [0.29, 0.717) is 0 Å². The summed E-state index contributed by atoms with van der Waals surface area (Å²) in [4.78, 5) is 61.4. The Labute approximate surface area is 227 Å². The number of β-lactam (4-membered cyclic amide) rings is 1. The van der Waals surface area contributed by atoms with Crippen LogP contribution in [0.5, 0.6) is 0 Å². The molecule has 0 aromatic carbocycles. The van der Waals surface area contributed by atoms with Crippen molar-refractivity contribution in [1.29, 1.82) is 0 Å². The second-order valence-corrected chi connectivity index (χ2v) is 12.3. The molecule has 1 saturated carbocycles. The van der Waals surface area contributed by atoms with E-state index in [-0.39, 0.29) is 33.6 Å². The van der Waals surface area contributed by atoms with E-state index in [0.717, 1.165) is 37.2 Å². The monoisotopic (exact) mass is 566 g/mol. The maximum atomic E-state index is 13.1. The van der Waals surface area contributed by atoms with Crippen LogP contribution in [0.2, 0.25) is 0 Å². The number of thioether (sulfide) groups is 1. The van der Waals surface area contributed by atoms with Crippen LogP contribution < -0.4 is 11.1 Å². The number of carbonyl (C=O) groups is 4. The van der Waals surface area contributed by atoms with Crippen molar-refractivity contribution in [3.63, 3.8) is 0 Å². The molecule has 0 bridgehead atoms. The highest BCUT2D eigenvalue weighted by Crippen LogP contribution is 2.40. The summed E-state index contributed by atoms with van der Waals surface area (Å²) in [5, 5.41) is 6.09. The van der Waals surface area contributed by atoms with E-state index in [4.69, 9.17) is 20.0 Å². The molecule has 1 aliphatic carbocycles. The van der Waals surface area contributed by atoms with Crippen LogP contribution in [0.15, 0.2) is 16.9 Å². The number of nitrogens with one attached hydrogen (secondary N) is 1. The van der Waals surface area contributed by atoms with Gasteiger partial charge in [-0.15, -0.1) is 11.8 Å². The largest absolute Gasteiger partial charge is 0.427 e. The van der Waals surface area contributed by atoms with Crippen molar-refractivity contribution in [2.45, 2.75) is 76.1 Å². The molecule has 13 nitrogen and oxygen atoms in total. The van der Waals surface area contributed by atoms with Gasteiger partial charge in [-0.05, 0) is 53.4 Å². The van der Waals surface area contributed by atoms with E-state index < -0.39 is 47.4 Å². The third-order valence-electron chi connectivity index (χ3n) is 6.12. The lowest BCUT2D eigenvalue weighted by Crippen LogP contribution is -2.69. The third kappa shape index (κ3) is 6.09. The van der Waals surface area contributed by atoms with Gasteiger partial charge in [-0.25, -0.2) is 4.79 Å². The van der Waals surface area contributed by atoms with E-state index in [1.165, 1.54) is 22.9 Å². The zero-order valence-electron chi connectivity index (χ0n) is 21.5. The van der Waals surface area contributed by atoms with E-state index in [2.05, 4.69) is 19.8 Å². The van der Waals surface area contributed by atoms with Crippen LogP contribution in [0.1, 0.15) is 59.2 Å². The van der Waals surface area contributed by atoms with Gasteiger partial charge in [0.25, 0.3) is 11.8 Å². The highest BCUT2D eigenvalue weighted by atomic mass is 32.2. The molecule has 2 aliphatic heterocycles. The number of rotatable bonds is 8. The van der Waals surface area contributed by atoms with Gasteiger partial charge in [0.1, 0.15) is 17.5 Å². The zero-order chi connectivity index (χ0) is 27.6. The molecule has 38 heavy (non-hydrogen) atoms. The summed E-state index contributed by atoms with van der Waals surface area (Å²) in [5.74, 6) is -2.26. The summed E-state index contributed by atoms with van der Waals surface area (Å²) in [6, 6.07) is -0.857. The Balaban J connectivity index is 1.39. The number of aromatic nitrogens is 2. The van der Waals surface area contributed by atoms with Gasteiger partial charge in [-0.1, -0.05) is 5.16 Å². The van der Waals surface area contributed by atoms with Gasteiger partial charge in [0, 0.05) is 23.0 Å². The Morgan fingerprint density at radius 2 is 1.95 bits per heavy atom. The number of ether oxygens (including phenoxy) is 2. The average Bonchev–Trinajstić information content (AvgIpc) is 3.53. The highest BCUT2D eigenvalue weighted by molar-refractivity contribution is 8.00. The summed E-state index contributed by atoms with van der Waals surface area (Å²) in [5.41, 5.74) is 5.04. The fraction of sp³-hybridized carbons (Fsp3) is 0.609. The first-order valence-electron chi connectivity index (χ1n) is 12.1. The Hall–Kier alpha value is -3.20. The van der Waals surface area contributed by atoms with Crippen molar-refractivity contribution in [3.05, 3.63) is 17.6 Å². The topological polar surface area (TPSA) is 175 Å². The summed E-state index contributed by atoms with van der Waals surface area (Å²) in [6.07, 6.45) is 5.05. The van der Waals surface area contributed by atoms with Gasteiger partial charge in [0.05, 0.1) is 11.0 Å². The Morgan fingerprint density at radius 3 is 2.58 bits per heavy atom. The predicted octanol–water partition coefficient (Wildman–Crippen LogP) is 1.55. The molecule has 2 unspecified atom stereocenters. The third-order valence-corrected chi connectivity index (χ3v) is 8.10. The van der Waals surface area contributed by atoms with Crippen LogP contribution in [0.25, 0.3) is 0 Å². The molecule has 2 amide bonds. The van der Waals surface area contributed by atoms with E-state index in [1.54, 1.807) is 27.7 Å². The second kappa shape index (κ2) is 11.3. The maximum absolute atomic E-state index is 13.1. The zero-order valence-corrected chi connectivity index (χ0v) is 23.1. The van der Waals surface area contributed by atoms with E-state index in [1.807, 2.05) is 0 Å². The first-order chi connectivity index (χ1) is 18.0.